The number of nitrogens with two attached hydrogens (primary N) is 1. The van der Waals surface area contributed by atoms with Crippen LogP contribution in [0.2, 0.25) is 0 Å². The van der Waals surface area contributed by atoms with Crippen molar-refractivity contribution in [2.45, 2.75) is 24.9 Å². The largest absolute Gasteiger partial charge is 0.393 e. The molecular formula is C12H17N3O4. The van der Waals surface area contributed by atoms with Crippen LogP contribution in [0.15, 0.2) is 29.7 Å². The summed E-state index contributed by atoms with van der Waals surface area (Å²) in [5.41, 5.74) is 3.58. The van der Waals surface area contributed by atoms with Crippen molar-refractivity contribution in [3.05, 3.63) is 35.4 Å². The molecule has 1 unspecified atom stereocenters. The molecule has 104 valence electrons. The summed E-state index contributed by atoms with van der Waals surface area (Å²) in [5.74, 6) is -0.294. The van der Waals surface area contributed by atoms with Crippen LogP contribution in [0, 0.1) is 5.92 Å². The molecule has 2 heterocycles. The average Bonchev–Trinajstić information content (AvgIpc) is 2.64. The van der Waals surface area contributed by atoms with E-state index < -0.39 is 36.1 Å². The van der Waals surface area contributed by atoms with E-state index >= 15 is 0 Å². The predicted octanol–water partition coefficient (Wildman–Crippen LogP) is -0.732. The van der Waals surface area contributed by atoms with Crippen molar-refractivity contribution < 1.29 is 14.9 Å². The summed E-state index contributed by atoms with van der Waals surface area (Å²) in [6.07, 6.45) is 1.10. The molecule has 0 aromatic carbocycles. The topological polar surface area (TPSA) is 111 Å². The van der Waals surface area contributed by atoms with Gasteiger partial charge >= 0.3 is 5.69 Å². The first-order valence-corrected chi connectivity index (χ1v) is 5.90. The van der Waals surface area contributed by atoms with E-state index in [-0.39, 0.29) is 5.82 Å². The smallest absolute Gasteiger partial charge is 0.351 e. The van der Waals surface area contributed by atoms with Crippen LogP contribution in [0.4, 0.5) is 5.82 Å². The summed E-state index contributed by atoms with van der Waals surface area (Å²) >= 11 is 0. The summed E-state index contributed by atoms with van der Waals surface area (Å²) in [4.78, 5) is 15.4. The Morgan fingerprint density at radius 2 is 2.42 bits per heavy atom. The van der Waals surface area contributed by atoms with Crippen molar-refractivity contribution in [1.82, 2.24) is 9.55 Å². The van der Waals surface area contributed by atoms with Crippen LogP contribution in [0.5, 0.6) is 0 Å². The molecule has 4 atom stereocenters. The number of aliphatic hydroxyl groups excluding tert-OH is 2. The molecule has 1 aliphatic heterocycles. The highest BCUT2D eigenvalue weighted by molar-refractivity contribution is 5.23. The lowest BCUT2D eigenvalue weighted by atomic mass is 9.91. The molecule has 0 aliphatic carbocycles. The van der Waals surface area contributed by atoms with E-state index in [2.05, 4.69) is 11.6 Å². The molecule has 7 heteroatoms. The van der Waals surface area contributed by atoms with Crippen LogP contribution in [-0.2, 0) is 4.74 Å². The summed E-state index contributed by atoms with van der Waals surface area (Å²) in [6.45, 7) is 4.87. The molecule has 1 fully saturated rings. The molecule has 0 radical (unpaired) electrons. The van der Waals surface area contributed by atoms with Crippen molar-refractivity contribution >= 4 is 5.82 Å². The molecule has 0 amide bonds. The third-order valence-electron chi connectivity index (χ3n) is 3.51. The van der Waals surface area contributed by atoms with Crippen LogP contribution in [0.25, 0.3) is 0 Å². The summed E-state index contributed by atoms with van der Waals surface area (Å²) in [7, 11) is 0. The second kappa shape index (κ2) is 4.76. The lowest BCUT2D eigenvalue weighted by Gasteiger charge is -2.26. The number of aliphatic hydroxyl groups is 2. The van der Waals surface area contributed by atoms with Gasteiger partial charge in [0.25, 0.3) is 0 Å². The van der Waals surface area contributed by atoms with E-state index in [0.29, 0.717) is 0 Å². The zero-order valence-corrected chi connectivity index (χ0v) is 10.6. The van der Waals surface area contributed by atoms with Gasteiger partial charge in [0, 0.05) is 12.1 Å². The number of hydrogen-bond acceptors (Lipinski definition) is 6. The highest BCUT2D eigenvalue weighted by atomic mass is 16.6. The lowest BCUT2D eigenvalue weighted by molar-refractivity contribution is -0.0978. The number of rotatable bonds is 3. The standard InChI is InChI=1S/C12H17N3O4/c1-3-12(6-16)9(17)7(2)10(19-12)15-5-4-8(13)14-11(15)18/h3-5,7,9-10,16-17H,1,6H2,2H3,(H2,13,14,18)/t7-,9-,10+,12?/m0/s1. The van der Waals surface area contributed by atoms with Gasteiger partial charge in [0.2, 0.25) is 0 Å². The number of nitrogen functional groups attached to an aromatic ring is 1. The number of ether oxygens (including phenoxy) is 1. The Bertz CT molecular complexity index is 544. The van der Waals surface area contributed by atoms with Crippen molar-refractivity contribution in [3.8, 4) is 0 Å². The number of aromatic nitrogens is 2. The Balaban J connectivity index is 2.42. The van der Waals surface area contributed by atoms with Gasteiger partial charge in [0.05, 0.1) is 12.7 Å². The first-order valence-electron chi connectivity index (χ1n) is 5.90. The maximum atomic E-state index is 11.8. The van der Waals surface area contributed by atoms with Gasteiger partial charge in [-0.3, -0.25) is 4.57 Å². The molecule has 4 N–H and O–H groups in total. The SMILES string of the molecule is C=CC1(CO)O[C@@H](n2ccc(N)nc2=O)[C@@H](C)[C@@H]1O. The van der Waals surface area contributed by atoms with Crippen molar-refractivity contribution in [3.63, 3.8) is 0 Å². The minimum atomic E-state index is -1.27. The van der Waals surface area contributed by atoms with Crippen LogP contribution in [-0.4, -0.2) is 38.1 Å². The van der Waals surface area contributed by atoms with E-state index in [9.17, 15) is 15.0 Å². The minimum absolute atomic E-state index is 0.115. The van der Waals surface area contributed by atoms with E-state index in [0.717, 1.165) is 0 Å². The Morgan fingerprint density at radius 1 is 1.74 bits per heavy atom. The Labute approximate surface area is 110 Å². The Kier molecular flexibility index (Phi) is 3.44. The van der Waals surface area contributed by atoms with E-state index in [4.69, 9.17) is 10.5 Å². The fourth-order valence-corrected chi connectivity index (χ4v) is 2.30. The molecule has 19 heavy (non-hydrogen) atoms. The van der Waals surface area contributed by atoms with Crippen LogP contribution >= 0.6 is 0 Å². The molecule has 1 saturated heterocycles. The summed E-state index contributed by atoms with van der Waals surface area (Å²) in [6, 6.07) is 1.47. The van der Waals surface area contributed by atoms with Gasteiger partial charge in [-0.1, -0.05) is 13.0 Å². The molecule has 7 nitrogen and oxygen atoms in total. The quantitative estimate of drug-likeness (QED) is 0.623. The van der Waals surface area contributed by atoms with Crippen molar-refractivity contribution in [2.75, 3.05) is 12.3 Å². The monoisotopic (exact) mass is 267 g/mol. The van der Waals surface area contributed by atoms with Gasteiger partial charge in [0.15, 0.2) is 0 Å². The molecule has 0 saturated carbocycles. The van der Waals surface area contributed by atoms with Crippen molar-refractivity contribution in [2.24, 2.45) is 5.92 Å². The maximum Gasteiger partial charge on any atom is 0.351 e. The second-order valence-electron chi connectivity index (χ2n) is 4.67. The first kappa shape index (κ1) is 13.7. The molecule has 0 bridgehead atoms. The predicted molar refractivity (Wildman–Crippen MR) is 68.2 cm³/mol. The van der Waals surface area contributed by atoms with Crippen molar-refractivity contribution in [1.29, 1.82) is 0 Å². The summed E-state index contributed by atoms with van der Waals surface area (Å²) in [5, 5.41) is 19.6. The molecule has 1 aliphatic rings. The number of anilines is 1. The summed E-state index contributed by atoms with van der Waals surface area (Å²) < 4.78 is 6.88. The van der Waals surface area contributed by atoms with Crippen LogP contribution < -0.4 is 11.4 Å². The van der Waals surface area contributed by atoms with Gasteiger partial charge in [-0.2, -0.15) is 4.98 Å². The van der Waals surface area contributed by atoms with Gasteiger partial charge in [0.1, 0.15) is 17.6 Å². The van der Waals surface area contributed by atoms with E-state index in [1.807, 2.05) is 0 Å². The molecule has 2 rings (SSSR count). The Morgan fingerprint density at radius 3 is 2.89 bits per heavy atom. The fraction of sp³-hybridized carbons (Fsp3) is 0.500. The molecular weight excluding hydrogens is 250 g/mol. The minimum Gasteiger partial charge on any atom is -0.393 e. The Hall–Kier alpha value is -1.70. The van der Waals surface area contributed by atoms with E-state index in [1.165, 1.54) is 22.9 Å². The normalized spacial score (nSPS) is 34.4. The highest BCUT2D eigenvalue weighted by Gasteiger charge is 2.51. The molecule has 1 aromatic heterocycles. The zero-order chi connectivity index (χ0) is 14.2. The van der Waals surface area contributed by atoms with Gasteiger partial charge in [-0.15, -0.1) is 6.58 Å². The first-order chi connectivity index (χ1) is 8.95. The fourth-order valence-electron chi connectivity index (χ4n) is 2.30. The van der Waals surface area contributed by atoms with Crippen LogP contribution in [0.1, 0.15) is 13.2 Å². The number of nitrogens with zero attached hydrogens (tertiary/aromatic N) is 2. The zero-order valence-electron chi connectivity index (χ0n) is 10.6. The molecule has 0 spiro atoms. The molecule has 1 aromatic rings. The number of hydrogen-bond donors (Lipinski definition) is 3. The third-order valence-corrected chi connectivity index (χ3v) is 3.51. The van der Waals surface area contributed by atoms with Crippen LogP contribution in [0.3, 0.4) is 0 Å². The third kappa shape index (κ3) is 2.05. The second-order valence-corrected chi connectivity index (χ2v) is 4.67. The van der Waals surface area contributed by atoms with E-state index in [1.54, 1.807) is 6.92 Å². The maximum absolute atomic E-state index is 11.8. The highest BCUT2D eigenvalue weighted by Crippen LogP contribution is 2.41. The van der Waals surface area contributed by atoms with Gasteiger partial charge < -0.3 is 20.7 Å². The average molecular weight is 267 g/mol. The van der Waals surface area contributed by atoms with Gasteiger partial charge in [-0.05, 0) is 6.07 Å². The lowest BCUT2D eigenvalue weighted by Crippen LogP contribution is -2.42. The van der Waals surface area contributed by atoms with Gasteiger partial charge in [-0.25, -0.2) is 4.79 Å².